The number of benzene rings is 1. The van der Waals surface area contributed by atoms with Gasteiger partial charge in [-0.2, -0.15) is 0 Å². The first-order valence-electron chi connectivity index (χ1n) is 7.52. The topological polar surface area (TPSA) is 32.7 Å². The lowest BCUT2D eigenvalue weighted by Gasteiger charge is -2.39. The minimum absolute atomic E-state index is 0.0696. The molecule has 2 bridgehead atoms. The SMILES string of the molecule is CCOC(O)[C@@H]1C2C=CC(C2)N1C(C)c1ccccc1. The van der Waals surface area contributed by atoms with Crippen LogP contribution in [0.5, 0.6) is 0 Å². The molecule has 3 heteroatoms. The molecule has 1 heterocycles. The second-order valence-electron chi connectivity index (χ2n) is 5.72. The molecule has 2 aliphatic rings. The van der Waals surface area contributed by atoms with Crippen molar-refractivity contribution in [1.82, 2.24) is 4.90 Å². The molecule has 0 saturated carbocycles. The van der Waals surface area contributed by atoms with E-state index in [0.29, 0.717) is 18.6 Å². The van der Waals surface area contributed by atoms with Crippen molar-refractivity contribution in [2.45, 2.75) is 44.7 Å². The quantitative estimate of drug-likeness (QED) is 0.661. The molecule has 5 atom stereocenters. The number of ether oxygens (including phenoxy) is 1. The summed E-state index contributed by atoms with van der Waals surface area (Å²) in [6, 6.07) is 11.3. The lowest BCUT2D eigenvalue weighted by atomic mass is 9.98. The molecule has 1 aliphatic carbocycles. The Labute approximate surface area is 120 Å². The van der Waals surface area contributed by atoms with Crippen LogP contribution in [0, 0.1) is 5.92 Å². The van der Waals surface area contributed by atoms with Crippen LogP contribution in [0.4, 0.5) is 0 Å². The molecule has 1 fully saturated rings. The van der Waals surface area contributed by atoms with Crippen molar-refractivity contribution in [3.63, 3.8) is 0 Å². The highest BCUT2D eigenvalue weighted by Gasteiger charge is 2.48. The second kappa shape index (κ2) is 5.68. The third-order valence-corrected chi connectivity index (χ3v) is 4.62. The van der Waals surface area contributed by atoms with E-state index in [4.69, 9.17) is 4.74 Å². The van der Waals surface area contributed by atoms with Gasteiger partial charge >= 0.3 is 0 Å². The monoisotopic (exact) mass is 273 g/mol. The Balaban J connectivity index is 1.85. The lowest BCUT2D eigenvalue weighted by molar-refractivity contribution is -0.147. The summed E-state index contributed by atoms with van der Waals surface area (Å²) in [5.41, 5.74) is 1.29. The van der Waals surface area contributed by atoms with Crippen LogP contribution in [0.15, 0.2) is 42.5 Å². The van der Waals surface area contributed by atoms with Crippen LogP contribution < -0.4 is 0 Å². The van der Waals surface area contributed by atoms with Gasteiger partial charge in [0.25, 0.3) is 0 Å². The molecule has 0 amide bonds. The Bertz CT molecular complexity index is 473. The molecule has 1 N–H and O–H groups in total. The van der Waals surface area contributed by atoms with E-state index in [1.807, 2.05) is 13.0 Å². The van der Waals surface area contributed by atoms with E-state index in [2.05, 4.69) is 48.2 Å². The van der Waals surface area contributed by atoms with Crippen molar-refractivity contribution in [3.8, 4) is 0 Å². The maximum atomic E-state index is 10.3. The maximum absolute atomic E-state index is 10.3. The van der Waals surface area contributed by atoms with E-state index in [-0.39, 0.29) is 12.1 Å². The Morgan fingerprint density at radius 3 is 2.75 bits per heavy atom. The van der Waals surface area contributed by atoms with E-state index in [9.17, 15) is 5.11 Å². The van der Waals surface area contributed by atoms with Crippen LogP contribution >= 0.6 is 0 Å². The number of hydrogen-bond acceptors (Lipinski definition) is 3. The number of fused-ring (bicyclic) bond motifs is 2. The molecule has 0 radical (unpaired) electrons. The van der Waals surface area contributed by atoms with Gasteiger partial charge in [0.05, 0.1) is 6.04 Å². The summed E-state index contributed by atoms with van der Waals surface area (Å²) in [7, 11) is 0. The normalized spacial score (nSPS) is 31.6. The zero-order valence-corrected chi connectivity index (χ0v) is 12.1. The van der Waals surface area contributed by atoms with Crippen LogP contribution in [0.3, 0.4) is 0 Å². The Hall–Kier alpha value is -1.16. The Kier molecular flexibility index (Phi) is 3.92. The molecular formula is C17H23NO2. The predicted molar refractivity (Wildman–Crippen MR) is 79.2 cm³/mol. The van der Waals surface area contributed by atoms with Crippen LogP contribution in [0.25, 0.3) is 0 Å². The molecule has 1 aliphatic heterocycles. The zero-order chi connectivity index (χ0) is 14.1. The first-order valence-corrected chi connectivity index (χ1v) is 7.52. The molecule has 4 unspecified atom stereocenters. The smallest absolute Gasteiger partial charge is 0.170 e. The fourth-order valence-corrected chi connectivity index (χ4v) is 3.70. The summed E-state index contributed by atoms with van der Waals surface area (Å²) in [5.74, 6) is 0.410. The summed E-state index contributed by atoms with van der Waals surface area (Å²) < 4.78 is 5.47. The van der Waals surface area contributed by atoms with E-state index < -0.39 is 6.29 Å². The van der Waals surface area contributed by atoms with Gasteiger partial charge in [-0.1, -0.05) is 42.5 Å². The van der Waals surface area contributed by atoms with Crippen LogP contribution in [-0.4, -0.2) is 35.0 Å². The zero-order valence-electron chi connectivity index (χ0n) is 12.1. The molecular weight excluding hydrogens is 250 g/mol. The van der Waals surface area contributed by atoms with Crippen LogP contribution in [0.2, 0.25) is 0 Å². The average molecular weight is 273 g/mol. The van der Waals surface area contributed by atoms with E-state index >= 15 is 0 Å². The third-order valence-electron chi connectivity index (χ3n) is 4.62. The minimum Gasteiger partial charge on any atom is -0.367 e. The van der Waals surface area contributed by atoms with Crippen molar-refractivity contribution < 1.29 is 9.84 Å². The number of nitrogens with zero attached hydrogens (tertiary/aromatic N) is 1. The molecule has 108 valence electrons. The molecule has 20 heavy (non-hydrogen) atoms. The predicted octanol–water partition coefficient (Wildman–Crippen LogP) is 2.73. The molecule has 1 aromatic carbocycles. The summed E-state index contributed by atoms with van der Waals surface area (Å²) in [5, 5.41) is 10.3. The van der Waals surface area contributed by atoms with Crippen molar-refractivity contribution in [2.24, 2.45) is 5.92 Å². The molecule has 1 saturated heterocycles. The number of aliphatic hydroxyl groups is 1. The van der Waals surface area contributed by atoms with Gasteiger partial charge in [0.1, 0.15) is 0 Å². The fraction of sp³-hybridized carbons (Fsp3) is 0.529. The van der Waals surface area contributed by atoms with Crippen molar-refractivity contribution >= 4 is 0 Å². The lowest BCUT2D eigenvalue weighted by Crippen LogP contribution is -2.48. The Morgan fingerprint density at radius 2 is 2.05 bits per heavy atom. The Morgan fingerprint density at radius 1 is 1.30 bits per heavy atom. The van der Waals surface area contributed by atoms with E-state index in [1.54, 1.807) is 0 Å². The van der Waals surface area contributed by atoms with Gasteiger partial charge in [-0.05, 0) is 31.7 Å². The van der Waals surface area contributed by atoms with E-state index in [1.165, 1.54) is 5.56 Å². The summed E-state index contributed by atoms with van der Waals surface area (Å²) >= 11 is 0. The van der Waals surface area contributed by atoms with Gasteiger partial charge in [0, 0.05) is 18.7 Å². The van der Waals surface area contributed by atoms with Gasteiger partial charge < -0.3 is 9.84 Å². The maximum Gasteiger partial charge on any atom is 0.170 e. The summed E-state index contributed by atoms with van der Waals surface area (Å²) in [6.45, 7) is 4.69. The van der Waals surface area contributed by atoms with Crippen molar-refractivity contribution in [2.75, 3.05) is 6.61 Å². The summed E-state index contributed by atoms with van der Waals surface area (Å²) in [6.07, 6.45) is 4.92. The number of aliphatic hydroxyl groups excluding tert-OH is 1. The molecule has 3 rings (SSSR count). The van der Waals surface area contributed by atoms with Gasteiger partial charge in [-0.15, -0.1) is 0 Å². The highest BCUT2D eigenvalue weighted by atomic mass is 16.6. The first kappa shape index (κ1) is 13.8. The fourth-order valence-electron chi connectivity index (χ4n) is 3.70. The van der Waals surface area contributed by atoms with Gasteiger partial charge in [0.2, 0.25) is 0 Å². The summed E-state index contributed by atoms with van der Waals surface area (Å²) in [4.78, 5) is 2.42. The average Bonchev–Trinajstić information content (AvgIpc) is 3.08. The molecule has 1 aromatic rings. The molecule has 0 aromatic heterocycles. The van der Waals surface area contributed by atoms with Crippen LogP contribution in [0.1, 0.15) is 31.9 Å². The molecule has 3 nitrogen and oxygen atoms in total. The largest absolute Gasteiger partial charge is 0.367 e. The third kappa shape index (κ3) is 2.30. The van der Waals surface area contributed by atoms with E-state index in [0.717, 1.165) is 6.42 Å². The van der Waals surface area contributed by atoms with Gasteiger partial charge in [0.15, 0.2) is 6.29 Å². The number of rotatable bonds is 5. The first-order chi connectivity index (χ1) is 9.72. The number of hydrogen-bond donors (Lipinski definition) is 1. The highest BCUT2D eigenvalue weighted by Crippen LogP contribution is 2.43. The molecule has 0 spiro atoms. The van der Waals surface area contributed by atoms with Crippen molar-refractivity contribution in [1.29, 1.82) is 0 Å². The number of likely N-dealkylation sites (tertiary alicyclic amines) is 1. The van der Waals surface area contributed by atoms with Gasteiger partial charge in [-0.3, -0.25) is 4.90 Å². The highest BCUT2D eigenvalue weighted by molar-refractivity contribution is 5.24. The van der Waals surface area contributed by atoms with Gasteiger partial charge in [-0.25, -0.2) is 0 Å². The second-order valence-corrected chi connectivity index (χ2v) is 5.72. The van der Waals surface area contributed by atoms with Crippen LogP contribution in [-0.2, 0) is 4.74 Å². The van der Waals surface area contributed by atoms with Crippen molar-refractivity contribution in [3.05, 3.63) is 48.0 Å². The standard InChI is InChI=1S/C17H23NO2/c1-3-20-17(19)16-14-9-10-15(11-14)18(16)12(2)13-7-5-4-6-8-13/h4-10,12,14-17,19H,3,11H2,1-2H3/t12?,14?,15?,16-,17?/m0/s1. The minimum atomic E-state index is -0.703.